The van der Waals surface area contributed by atoms with Crippen molar-refractivity contribution in [2.75, 3.05) is 19.8 Å². The number of hydrogen-bond acceptors (Lipinski definition) is 5. The normalized spacial score (nSPS) is 22.7. The van der Waals surface area contributed by atoms with Crippen molar-refractivity contribution in [2.45, 2.75) is 18.5 Å². The molecule has 1 fully saturated rings. The molecular formula is C20H17ClN2O5. The fraction of sp³-hybridized carbons (Fsp3) is 0.300. The highest BCUT2D eigenvalue weighted by atomic mass is 35.5. The quantitative estimate of drug-likeness (QED) is 0.784. The second-order valence-electron chi connectivity index (χ2n) is 6.92. The predicted molar refractivity (Wildman–Crippen MR) is 99.8 cm³/mol. The molecule has 7 nitrogen and oxygen atoms in total. The molecule has 2 aromatic rings. The van der Waals surface area contributed by atoms with Gasteiger partial charge in [0.2, 0.25) is 0 Å². The van der Waals surface area contributed by atoms with E-state index in [2.05, 4.69) is 5.32 Å². The van der Waals surface area contributed by atoms with Crippen LogP contribution in [0.3, 0.4) is 0 Å². The van der Waals surface area contributed by atoms with Gasteiger partial charge in [0.15, 0.2) is 17.0 Å². The molecule has 1 spiro atoms. The molecule has 1 N–H and O–H groups in total. The minimum Gasteiger partial charge on any atom is -0.493 e. The number of carbonyl (C=O) groups excluding carboxylic acids is 2. The number of rotatable bonds is 2. The zero-order chi connectivity index (χ0) is 19.3. The first-order valence-corrected chi connectivity index (χ1v) is 9.41. The smallest absolute Gasteiger partial charge is 0.325 e. The summed E-state index contributed by atoms with van der Waals surface area (Å²) in [6.45, 7) is 1.30. The van der Waals surface area contributed by atoms with Crippen LogP contribution in [0.25, 0.3) is 0 Å². The van der Waals surface area contributed by atoms with Crippen LogP contribution in [0.1, 0.15) is 17.5 Å². The van der Waals surface area contributed by atoms with Gasteiger partial charge in [-0.05, 0) is 23.8 Å². The number of ether oxygens (including phenoxy) is 3. The zero-order valence-corrected chi connectivity index (χ0v) is 15.6. The third-order valence-electron chi connectivity index (χ3n) is 5.25. The van der Waals surface area contributed by atoms with Gasteiger partial charge in [-0.1, -0.05) is 29.8 Å². The number of nitrogens with zero attached hydrogens (tertiary/aromatic N) is 1. The molecular weight excluding hydrogens is 384 g/mol. The molecule has 3 heterocycles. The molecule has 1 unspecified atom stereocenters. The number of imide groups is 1. The second kappa shape index (κ2) is 6.31. The number of amides is 3. The maximum absolute atomic E-state index is 13.3. The van der Waals surface area contributed by atoms with Gasteiger partial charge in [-0.2, -0.15) is 0 Å². The van der Waals surface area contributed by atoms with E-state index in [-0.39, 0.29) is 12.5 Å². The SMILES string of the molecule is O=C1NC2(CCOc3ccccc32)C(=O)N1Cc1cc(Cl)c2c(c1)OCCO2. The Bertz CT molecular complexity index is 995. The Hall–Kier alpha value is -2.93. The molecule has 2 aromatic carbocycles. The largest absolute Gasteiger partial charge is 0.493 e. The fourth-order valence-electron chi connectivity index (χ4n) is 3.95. The van der Waals surface area contributed by atoms with Crippen LogP contribution in [0.5, 0.6) is 17.2 Å². The first kappa shape index (κ1) is 17.2. The van der Waals surface area contributed by atoms with Crippen LogP contribution in [0.15, 0.2) is 36.4 Å². The number of halogens is 1. The van der Waals surface area contributed by atoms with Gasteiger partial charge in [-0.15, -0.1) is 0 Å². The maximum Gasteiger partial charge on any atom is 0.325 e. The third-order valence-corrected chi connectivity index (χ3v) is 5.54. The van der Waals surface area contributed by atoms with Crippen LogP contribution in [0.4, 0.5) is 4.79 Å². The van der Waals surface area contributed by atoms with Crippen molar-refractivity contribution >= 4 is 23.5 Å². The van der Waals surface area contributed by atoms with E-state index in [4.69, 9.17) is 25.8 Å². The van der Waals surface area contributed by atoms with Crippen LogP contribution in [0, 0.1) is 0 Å². The molecule has 1 saturated heterocycles. The van der Waals surface area contributed by atoms with Crippen LogP contribution in [0.2, 0.25) is 5.02 Å². The zero-order valence-electron chi connectivity index (χ0n) is 14.9. The first-order chi connectivity index (χ1) is 13.6. The van der Waals surface area contributed by atoms with Crippen molar-refractivity contribution in [2.24, 2.45) is 0 Å². The van der Waals surface area contributed by atoms with E-state index in [0.29, 0.717) is 59.6 Å². The lowest BCUT2D eigenvalue weighted by atomic mass is 9.84. The third kappa shape index (κ3) is 2.50. The van der Waals surface area contributed by atoms with E-state index in [1.165, 1.54) is 4.90 Å². The van der Waals surface area contributed by atoms with Crippen LogP contribution in [-0.2, 0) is 16.9 Å². The predicted octanol–water partition coefficient (Wildman–Crippen LogP) is 2.84. The summed E-state index contributed by atoms with van der Waals surface area (Å²) in [4.78, 5) is 27.3. The van der Waals surface area contributed by atoms with Crippen LogP contribution in [-0.4, -0.2) is 36.7 Å². The highest BCUT2D eigenvalue weighted by Crippen LogP contribution is 2.42. The van der Waals surface area contributed by atoms with E-state index in [0.717, 1.165) is 0 Å². The van der Waals surface area contributed by atoms with Gasteiger partial charge >= 0.3 is 6.03 Å². The summed E-state index contributed by atoms with van der Waals surface area (Å²) in [6.07, 6.45) is 0.382. The van der Waals surface area contributed by atoms with E-state index < -0.39 is 11.6 Å². The molecule has 0 bridgehead atoms. The minimum absolute atomic E-state index is 0.0891. The minimum atomic E-state index is -1.09. The Morgan fingerprint density at radius 1 is 1.04 bits per heavy atom. The monoisotopic (exact) mass is 400 g/mol. The molecule has 0 aromatic heterocycles. The van der Waals surface area contributed by atoms with Crippen molar-refractivity contribution in [1.29, 1.82) is 0 Å². The van der Waals surface area contributed by atoms with Gasteiger partial charge < -0.3 is 19.5 Å². The number of urea groups is 1. The van der Waals surface area contributed by atoms with Crippen LogP contribution < -0.4 is 19.5 Å². The number of hydrogen-bond donors (Lipinski definition) is 1. The van der Waals surface area contributed by atoms with Gasteiger partial charge in [0.05, 0.1) is 18.2 Å². The summed E-state index contributed by atoms with van der Waals surface area (Å²) in [5.74, 6) is 1.33. The fourth-order valence-corrected chi connectivity index (χ4v) is 4.24. The molecule has 3 aliphatic heterocycles. The molecule has 0 saturated carbocycles. The summed E-state index contributed by atoms with van der Waals surface area (Å²) in [6, 6.07) is 10.3. The topological polar surface area (TPSA) is 77.1 Å². The number of fused-ring (bicyclic) bond motifs is 3. The van der Waals surface area contributed by atoms with E-state index in [9.17, 15) is 9.59 Å². The average molecular weight is 401 g/mol. The Morgan fingerprint density at radius 2 is 1.82 bits per heavy atom. The molecule has 1 atom stereocenters. The van der Waals surface area contributed by atoms with Crippen molar-refractivity contribution in [1.82, 2.24) is 10.2 Å². The molecule has 8 heteroatoms. The van der Waals surface area contributed by atoms with Crippen LogP contribution >= 0.6 is 11.6 Å². The van der Waals surface area contributed by atoms with Gasteiger partial charge in [0.25, 0.3) is 5.91 Å². The van der Waals surface area contributed by atoms with E-state index >= 15 is 0 Å². The lowest BCUT2D eigenvalue weighted by Gasteiger charge is -2.33. The lowest BCUT2D eigenvalue weighted by molar-refractivity contribution is -0.133. The Morgan fingerprint density at radius 3 is 2.71 bits per heavy atom. The van der Waals surface area contributed by atoms with E-state index in [1.807, 2.05) is 18.2 Å². The summed E-state index contributed by atoms with van der Waals surface area (Å²) in [7, 11) is 0. The summed E-state index contributed by atoms with van der Waals surface area (Å²) >= 11 is 6.29. The van der Waals surface area contributed by atoms with Crippen molar-refractivity contribution in [3.8, 4) is 17.2 Å². The van der Waals surface area contributed by atoms with Gasteiger partial charge in [0.1, 0.15) is 19.0 Å². The van der Waals surface area contributed by atoms with Gasteiger partial charge in [-0.3, -0.25) is 9.69 Å². The Balaban J connectivity index is 1.48. The highest BCUT2D eigenvalue weighted by molar-refractivity contribution is 6.32. The summed E-state index contributed by atoms with van der Waals surface area (Å²) in [5.41, 5.74) is 0.279. The molecule has 0 radical (unpaired) electrons. The molecule has 28 heavy (non-hydrogen) atoms. The van der Waals surface area contributed by atoms with E-state index in [1.54, 1.807) is 18.2 Å². The molecule has 0 aliphatic carbocycles. The maximum atomic E-state index is 13.3. The van der Waals surface area contributed by atoms with Gasteiger partial charge in [-0.25, -0.2) is 4.79 Å². The Kier molecular flexibility index (Phi) is 3.87. The lowest BCUT2D eigenvalue weighted by Crippen LogP contribution is -2.47. The van der Waals surface area contributed by atoms with Gasteiger partial charge in [0, 0.05) is 12.0 Å². The summed E-state index contributed by atoms with van der Waals surface area (Å²) < 4.78 is 16.8. The van der Waals surface area contributed by atoms with Crippen molar-refractivity contribution in [3.05, 3.63) is 52.5 Å². The van der Waals surface area contributed by atoms with Crippen molar-refractivity contribution < 1.29 is 23.8 Å². The average Bonchev–Trinajstić information content (AvgIpc) is 2.93. The number of benzene rings is 2. The standard InChI is InChI=1S/C20H17ClN2O5/c21-14-9-12(10-16-17(14)28-8-7-27-16)11-23-18(24)20(22-19(23)25)5-6-26-15-4-2-1-3-13(15)20/h1-4,9-10H,5-8,11H2,(H,22,25). The first-order valence-electron chi connectivity index (χ1n) is 9.03. The van der Waals surface area contributed by atoms with Crippen molar-refractivity contribution in [3.63, 3.8) is 0 Å². The molecule has 3 aliphatic rings. The number of carbonyl (C=O) groups is 2. The summed E-state index contributed by atoms with van der Waals surface area (Å²) in [5, 5.41) is 3.28. The molecule has 5 rings (SSSR count). The molecule has 144 valence electrons. The molecule has 3 amide bonds. The highest BCUT2D eigenvalue weighted by Gasteiger charge is 2.54. The Labute approximate surface area is 166 Å². The number of para-hydroxylation sites is 1. The second-order valence-corrected chi connectivity index (χ2v) is 7.33. The number of nitrogens with one attached hydrogen (secondary N) is 1.